The molecule has 2 rings (SSSR count). The molecule has 1 N–H and O–H groups in total. The lowest BCUT2D eigenvalue weighted by Gasteiger charge is -2.09. The summed E-state index contributed by atoms with van der Waals surface area (Å²) in [6.45, 7) is 0. The van der Waals surface area contributed by atoms with Gasteiger partial charge in [0.15, 0.2) is 0 Å². The third-order valence-corrected chi connectivity index (χ3v) is 2.60. The Morgan fingerprint density at radius 1 is 1.08 bits per heavy atom. The largest absolute Gasteiger partial charge is 0.439 e. The Hall–Kier alpha value is -3.59. The molecule has 9 heteroatoms. The molecular weight excluding hydrogens is 323 g/mol. The van der Waals surface area contributed by atoms with E-state index in [1.807, 2.05) is 0 Å². The minimum absolute atomic E-state index is 0.195. The zero-order chi connectivity index (χ0) is 17.6. The van der Waals surface area contributed by atoms with Gasteiger partial charge in [-0.25, -0.2) is 4.98 Å². The summed E-state index contributed by atoms with van der Waals surface area (Å²) in [5.74, 6) is 0.0666. The highest BCUT2D eigenvalue weighted by molar-refractivity contribution is 6.10. The van der Waals surface area contributed by atoms with Gasteiger partial charge in [-0.3, -0.25) is 5.43 Å². The molecule has 1 aromatic heterocycles. The van der Waals surface area contributed by atoms with Crippen LogP contribution in [-0.2, 0) is 6.18 Å². The van der Waals surface area contributed by atoms with E-state index in [0.29, 0.717) is 5.69 Å². The number of aromatic nitrogens is 1. The van der Waals surface area contributed by atoms with Crippen LogP contribution in [0.3, 0.4) is 0 Å². The zero-order valence-electron chi connectivity index (χ0n) is 11.9. The second-order valence-electron chi connectivity index (χ2n) is 4.28. The second kappa shape index (κ2) is 7.11. The van der Waals surface area contributed by atoms with Gasteiger partial charge in [-0.2, -0.15) is 28.8 Å². The predicted molar refractivity (Wildman–Crippen MR) is 78.0 cm³/mol. The fourth-order valence-electron chi connectivity index (χ4n) is 1.54. The van der Waals surface area contributed by atoms with Crippen molar-refractivity contribution >= 4 is 11.4 Å². The lowest BCUT2D eigenvalue weighted by Crippen LogP contribution is -2.07. The van der Waals surface area contributed by atoms with Gasteiger partial charge in [0.2, 0.25) is 11.6 Å². The first kappa shape index (κ1) is 16.8. The molecule has 0 bridgehead atoms. The lowest BCUT2D eigenvalue weighted by molar-refractivity contribution is -0.141. The van der Waals surface area contributed by atoms with Crippen LogP contribution in [-0.4, -0.2) is 10.7 Å². The Morgan fingerprint density at radius 3 is 2.33 bits per heavy atom. The third-order valence-electron chi connectivity index (χ3n) is 2.60. The molecule has 1 aromatic carbocycles. The summed E-state index contributed by atoms with van der Waals surface area (Å²) in [6.07, 6.45) is -4.55. The van der Waals surface area contributed by atoms with Gasteiger partial charge >= 0.3 is 6.18 Å². The van der Waals surface area contributed by atoms with Crippen molar-refractivity contribution in [1.29, 1.82) is 10.5 Å². The number of anilines is 1. The highest BCUT2D eigenvalue weighted by atomic mass is 19.4. The van der Waals surface area contributed by atoms with E-state index in [2.05, 4.69) is 15.5 Å². The molecule has 0 saturated heterocycles. The molecule has 1 heterocycles. The lowest BCUT2D eigenvalue weighted by atomic mass is 10.3. The quantitative estimate of drug-likeness (QED) is 0.681. The van der Waals surface area contributed by atoms with Crippen molar-refractivity contribution in [2.24, 2.45) is 5.10 Å². The summed E-state index contributed by atoms with van der Waals surface area (Å²) in [5.41, 5.74) is 1.56. The van der Waals surface area contributed by atoms with Crippen LogP contribution in [0.1, 0.15) is 5.69 Å². The fraction of sp³-hybridized carbons (Fsp3) is 0.0667. The summed E-state index contributed by atoms with van der Waals surface area (Å²) in [6, 6.07) is 12.5. The van der Waals surface area contributed by atoms with Crippen LogP contribution < -0.4 is 10.2 Å². The Bertz CT molecular complexity index is 816. The van der Waals surface area contributed by atoms with Crippen LogP contribution >= 0.6 is 0 Å². The van der Waals surface area contributed by atoms with Crippen molar-refractivity contribution in [2.45, 2.75) is 6.18 Å². The van der Waals surface area contributed by atoms with Crippen LogP contribution in [0.15, 0.2) is 47.6 Å². The summed E-state index contributed by atoms with van der Waals surface area (Å²) in [5, 5.41) is 20.6. The average molecular weight is 331 g/mol. The van der Waals surface area contributed by atoms with Crippen LogP contribution in [0.5, 0.6) is 11.6 Å². The van der Waals surface area contributed by atoms with E-state index < -0.39 is 11.9 Å². The molecule has 0 fully saturated rings. The minimum Gasteiger partial charge on any atom is -0.439 e. The summed E-state index contributed by atoms with van der Waals surface area (Å²) in [4.78, 5) is 3.39. The molecule has 2 aromatic rings. The maximum absolute atomic E-state index is 12.6. The SMILES string of the molecule is N#CC(C#N)=NNc1ccc(Oc2cccc(C(F)(F)F)n2)cc1. The van der Waals surface area contributed by atoms with Crippen LogP contribution in [0, 0.1) is 22.7 Å². The number of rotatable bonds is 4. The molecule has 24 heavy (non-hydrogen) atoms. The molecule has 0 unspecified atom stereocenters. The monoisotopic (exact) mass is 331 g/mol. The Labute approximate surface area is 134 Å². The summed E-state index contributed by atoms with van der Waals surface area (Å²) in [7, 11) is 0. The van der Waals surface area contributed by atoms with Gasteiger partial charge in [-0.1, -0.05) is 6.07 Å². The maximum atomic E-state index is 12.6. The smallest absolute Gasteiger partial charge is 0.433 e. The first-order valence-electron chi connectivity index (χ1n) is 6.38. The molecule has 0 aliphatic carbocycles. The van der Waals surface area contributed by atoms with Crippen LogP contribution in [0.2, 0.25) is 0 Å². The highest BCUT2D eigenvalue weighted by Gasteiger charge is 2.32. The topological polar surface area (TPSA) is 94.1 Å². The van der Waals surface area contributed by atoms with Crippen molar-refractivity contribution in [3.8, 4) is 23.8 Å². The number of hydrogen-bond donors (Lipinski definition) is 1. The van der Waals surface area contributed by atoms with E-state index in [1.54, 1.807) is 12.1 Å². The van der Waals surface area contributed by atoms with Crippen LogP contribution in [0.25, 0.3) is 0 Å². The minimum atomic E-state index is -4.55. The maximum Gasteiger partial charge on any atom is 0.433 e. The second-order valence-corrected chi connectivity index (χ2v) is 4.28. The van der Waals surface area contributed by atoms with E-state index in [4.69, 9.17) is 15.3 Å². The molecule has 0 spiro atoms. The first-order chi connectivity index (χ1) is 11.4. The zero-order valence-corrected chi connectivity index (χ0v) is 11.9. The van der Waals surface area contributed by atoms with Gasteiger partial charge in [-0.05, 0) is 30.3 Å². The van der Waals surface area contributed by atoms with Crippen molar-refractivity contribution < 1.29 is 17.9 Å². The molecule has 0 aliphatic rings. The number of nitrogens with zero attached hydrogens (tertiary/aromatic N) is 4. The van der Waals surface area contributed by atoms with Gasteiger partial charge in [0.1, 0.15) is 23.6 Å². The van der Waals surface area contributed by atoms with Crippen molar-refractivity contribution in [3.05, 3.63) is 48.2 Å². The molecule has 0 radical (unpaired) electrons. The number of nitrogens with one attached hydrogen (secondary N) is 1. The number of benzene rings is 1. The average Bonchev–Trinajstić information content (AvgIpc) is 2.57. The standard InChI is InChI=1S/C15H8F3N5O/c16-15(17,18)13-2-1-3-14(21-13)24-12-6-4-10(5-7-12)22-23-11(8-19)9-20/h1-7,22H. The van der Waals surface area contributed by atoms with E-state index in [9.17, 15) is 13.2 Å². The summed E-state index contributed by atoms with van der Waals surface area (Å²) >= 11 is 0. The van der Waals surface area contributed by atoms with Crippen LogP contribution in [0.4, 0.5) is 18.9 Å². The van der Waals surface area contributed by atoms with Gasteiger partial charge < -0.3 is 4.74 Å². The molecule has 0 aliphatic heterocycles. The normalized spacial score (nSPS) is 10.2. The van der Waals surface area contributed by atoms with Crippen molar-refractivity contribution in [2.75, 3.05) is 5.43 Å². The molecule has 0 saturated carbocycles. The van der Waals surface area contributed by atoms with E-state index in [1.165, 1.54) is 36.4 Å². The molecule has 0 amide bonds. The number of alkyl halides is 3. The molecule has 6 nitrogen and oxygen atoms in total. The first-order valence-corrected chi connectivity index (χ1v) is 6.38. The van der Waals surface area contributed by atoms with Crippen molar-refractivity contribution in [3.63, 3.8) is 0 Å². The predicted octanol–water partition coefficient (Wildman–Crippen LogP) is 3.71. The van der Waals surface area contributed by atoms with Gasteiger partial charge in [0.25, 0.3) is 0 Å². The van der Waals surface area contributed by atoms with Gasteiger partial charge in [0.05, 0.1) is 5.69 Å². The molecular formula is C15H8F3N5O. The number of nitriles is 2. The van der Waals surface area contributed by atoms with E-state index in [0.717, 1.165) is 6.07 Å². The molecule has 120 valence electrons. The van der Waals surface area contributed by atoms with Crippen molar-refractivity contribution in [1.82, 2.24) is 4.98 Å². The fourth-order valence-corrected chi connectivity index (χ4v) is 1.54. The highest BCUT2D eigenvalue weighted by Crippen LogP contribution is 2.30. The summed E-state index contributed by atoms with van der Waals surface area (Å²) < 4.78 is 43.0. The number of hydrogen-bond acceptors (Lipinski definition) is 6. The van der Waals surface area contributed by atoms with Gasteiger partial charge in [0, 0.05) is 6.07 Å². The Balaban J connectivity index is 2.09. The van der Waals surface area contributed by atoms with Gasteiger partial charge in [-0.15, -0.1) is 0 Å². The third kappa shape index (κ3) is 4.45. The van der Waals surface area contributed by atoms with E-state index >= 15 is 0 Å². The number of hydrazone groups is 1. The van der Waals surface area contributed by atoms with E-state index in [-0.39, 0.29) is 17.3 Å². The number of pyridine rings is 1. The Kier molecular flexibility index (Phi) is 4.97. The number of halogens is 3. The molecule has 0 atom stereocenters. The number of ether oxygens (including phenoxy) is 1. The Morgan fingerprint density at radius 2 is 1.75 bits per heavy atom.